The summed E-state index contributed by atoms with van der Waals surface area (Å²) in [5.41, 5.74) is 1.83. The molecule has 2 rings (SSSR count). The number of ether oxygens (including phenoxy) is 2. The van der Waals surface area contributed by atoms with Gasteiger partial charge >= 0.3 is 0 Å². The molecule has 0 aromatic heterocycles. The van der Waals surface area contributed by atoms with Crippen molar-refractivity contribution in [1.29, 1.82) is 0 Å². The number of hydrogen-bond donors (Lipinski definition) is 2. The summed E-state index contributed by atoms with van der Waals surface area (Å²) in [4.78, 5) is 12.0. The Labute approximate surface area is 141 Å². The van der Waals surface area contributed by atoms with Gasteiger partial charge in [-0.05, 0) is 55.2 Å². The first-order valence-electron chi connectivity index (χ1n) is 7.66. The van der Waals surface area contributed by atoms with Crippen molar-refractivity contribution in [3.8, 4) is 23.0 Å². The van der Waals surface area contributed by atoms with Crippen LogP contribution in [0.1, 0.15) is 18.1 Å². The van der Waals surface area contributed by atoms with E-state index < -0.39 is 0 Å². The fourth-order valence-electron chi connectivity index (χ4n) is 2.63. The highest BCUT2D eigenvalue weighted by Gasteiger charge is 2.17. The van der Waals surface area contributed by atoms with E-state index in [0.717, 1.165) is 11.1 Å². The van der Waals surface area contributed by atoms with E-state index in [1.54, 1.807) is 43.3 Å². The van der Waals surface area contributed by atoms with Crippen LogP contribution in [0.25, 0.3) is 0 Å². The molecule has 0 aliphatic carbocycles. The zero-order valence-electron chi connectivity index (χ0n) is 14.1. The Morgan fingerprint density at radius 3 is 1.67 bits per heavy atom. The highest BCUT2D eigenvalue weighted by molar-refractivity contribution is 5.79. The molecule has 0 saturated heterocycles. The molecule has 0 bridgehead atoms. The molecule has 2 aromatic rings. The van der Waals surface area contributed by atoms with Gasteiger partial charge in [0.1, 0.15) is 5.78 Å². The fourth-order valence-corrected chi connectivity index (χ4v) is 2.63. The molecule has 0 heterocycles. The molecule has 0 spiro atoms. The summed E-state index contributed by atoms with van der Waals surface area (Å²) in [6, 6.07) is 10.2. The molecule has 0 radical (unpaired) electrons. The molecule has 0 saturated carbocycles. The number of benzene rings is 2. The van der Waals surface area contributed by atoms with Gasteiger partial charge in [0, 0.05) is 5.92 Å². The maximum absolute atomic E-state index is 12.0. The highest BCUT2D eigenvalue weighted by Crippen LogP contribution is 2.30. The van der Waals surface area contributed by atoms with E-state index >= 15 is 0 Å². The van der Waals surface area contributed by atoms with Crippen molar-refractivity contribution in [3.05, 3.63) is 47.5 Å². The van der Waals surface area contributed by atoms with Crippen molar-refractivity contribution in [3.63, 3.8) is 0 Å². The van der Waals surface area contributed by atoms with Crippen LogP contribution in [0.4, 0.5) is 0 Å². The molecule has 0 aliphatic heterocycles. The fraction of sp³-hybridized carbons (Fsp3) is 0.316. The number of carbonyl (C=O) groups is 1. The molecule has 5 nitrogen and oxygen atoms in total. The van der Waals surface area contributed by atoms with Crippen molar-refractivity contribution in [2.24, 2.45) is 5.92 Å². The Kier molecular flexibility index (Phi) is 5.68. The standard InChI is InChI=1S/C19H22O5/c1-12(20)15(8-13-4-6-16(21)18(10-13)23-2)9-14-5-7-17(22)19(11-14)24-3/h4-7,10-11,15,21-22H,8-9H2,1-3H3. The average Bonchev–Trinajstić information content (AvgIpc) is 2.57. The first-order valence-corrected chi connectivity index (χ1v) is 7.66. The third-order valence-corrected chi connectivity index (χ3v) is 4.03. The van der Waals surface area contributed by atoms with E-state index in [1.807, 2.05) is 0 Å². The van der Waals surface area contributed by atoms with E-state index in [1.165, 1.54) is 14.2 Å². The smallest absolute Gasteiger partial charge is 0.160 e. The monoisotopic (exact) mass is 330 g/mol. The Balaban J connectivity index is 2.19. The van der Waals surface area contributed by atoms with Gasteiger partial charge in [-0.1, -0.05) is 12.1 Å². The molecule has 5 heteroatoms. The van der Waals surface area contributed by atoms with E-state index in [4.69, 9.17) is 9.47 Å². The van der Waals surface area contributed by atoms with Gasteiger partial charge in [0.2, 0.25) is 0 Å². The Hall–Kier alpha value is -2.69. The van der Waals surface area contributed by atoms with Crippen molar-refractivity contribution in [2.75, 3.05) is 14.2 Å². The van der Waals surface area contributed by atoms with E-state index in [-0.39, 0.29) is 23.2 Å². The van der Waals surface area contributed by atoms with Crippen LogP contribution in [-0.4, -0.2) is 30.2 Å². The van der Waals surface area contributed by atoms with Crippen LogP contribution in [0.5, 0.6) is 23.0 Å². The van der Waals surface area contributed by atoms with Gasteiger partial charge in [-0.2, -0.15) is 0 Å². The van der Waals surface area contributed by atoms with Gasteiger partial charge in [-0.25, -0.2) is 0 Å². The van der Waals surface area contributed by atoms with E-state index in [2.05, 4.69) is 0 Å². The van der Waals surface area contributed by atoms with Gasteiger partial charge < -0.3 is 19.7 Å². The maximum Gasteiger partial charge on any atom is 0.160 e. The number of phenolic OH excluding ortho intramolecular Hbond substituents is 2. The molecule has 0 aliphatic rings. The number of rotatable bonds is 7. The second-order valence-electron chi connectivity index (χ2n) is 5.73. The highest BCUT2D eigenvalue weighted by atomic mass is 16.5. The number of phenols is 2. The lowest BCUT2D eigenvalue weighted by Crippen LogP contribution is -2.17. The van der Waals surface area contributed by atoms with Crippen LogP contribution in [0.2, 0.25) is 0 Å². The summed E-state index contributed by atoms with van der Waals surface area (Å²) >= 11 is 0. The summed E-state index contributed by atoms with van der Waals surface area (Å²) in [5, 5.41) is 19.3. The zero-order chi connectivity index (χ0) is 17.7. The second-order valence-corrected chi connectivity index (χ2v) is 5.73. The number of hydrogen-bond acceptors (Lipinski definition) is 5. The molecule has 128 valence electrons. The van der Waals surface area contributed by atoms with Crippen LogP contribution >= 0.6 is 0 Å². The van der Waals surface area contributed by atoms with Crippen molar-refractivity contribution < 1.29 is 24.5 Å². The molecule has 0 amide bonds. The molecule has 24 heavy (non-hydrogen) atoms. The number of methoxy groups -OCH3 is 2. The third kappa shape index (κ3) is 4.19. The lowest BCUT2D eigenvalue weighted by atomic mass is 9.89. The molecular formula is C19H22O5. The molecule has 0 unspecified atom stereocenters. The van der Waals surface area contributed by atoms with E-state index in [9.17, 15) is 15.0 Å². The molecule has 2 aromatic carbocycles. The quantitative estimate of drug-likeness (QED) is 0.816. The average molecular weight is 330 g/mol. The van der Waals surface area contributed by atoms with Gasteiger partial charge in [-0.3, -0.25) is 4.79 Å². The van der Waals surface area contributed by atoms with Crippen LogP contribution in [0.3, 0.4) is 0 Å². The summed E-state index contributed by atoms with van der Waals surface area (Å²) in [5.74, 6) is 0.789. The predicted octanol–water partition coefficient (Wildman–Crippen LogP) is 3.11. The van der Waals surface area contributed by atoms with Crippen LogP contribution in [0.15, 0.2) is 36.4 Å². The minimum absolute atomic E-state index is 0.0731. The normalized spacial score (nSPS) is 10.7. The zero-order valence-corrected chi connectivity index (χ0v) is 14.1. The SMILES string of the molecule is COc1cc(CC(Cc2ccc(O)c(OC)c2)C(C)=O)ccc1O. The molecular weight excluding hydrogens is 308 g/mol. The van der Waals surface area contributed by atoms with Crippen LogP contribution < -0.4 is 9.47 Å². The van der Waals surface area contributed by atoms with Gasteiger partial charge in [-0.15, -0.1) is 0 Å². The minimum atomic E-state index is -0.214. The van der Waals surface area contributed by atoms with Crippen molar-refractivity contribution >= 4 is 5.78 Å². The Bertz CT molecular complexity index is 668. The molecule has 2 N–H and O–H groups in total. The Morgan fingerprint density at radius 1 is 0.917 bits per heavy atom. The summed E-state index contributed by atoms with van der Waals surface area (Å²) in [6.45, 7) is 1.57. The third-order valence-electron chi connectivity index (χ3n) is 4.03. The lowest BCUT2D eigenvalue weighted by Gasteiger charge is -2.16. The summed E-state index contributed by atoms with van der Waals surface area (Å²) in [7, 11) is 2.98. The van der Waals surface area contributed by atoms with Gasteiger partial charge in [0.25, 0.3) is 0 Å². The minimum Gasteiger partial charge on any atom is -0.504 e. The number of Topliss-reactive ketones (excluding diaryl/α,β-unsaturated/α-hetero) is 1. The van der Waals surface area contributed by atoms with Gasteiger partial charge in [0.15, 0.2) is 23.0 Å². The van der Waals surface area contributed by atoms with Crippen molar-refractivity contribution in [2.45, 2.75) is 19.8 Å². The van der Waals surface area contributed by atoms with Gasteiger partial charge in [0.05, 0.1) is 14.2 Å². The molecule has 0 fully saturated rings. The maximum atomic E-state index is 12.0. The first-order chi connectivity index (χ1) is 11.4. The second kappa shape index (κ2) is 7.73. The largest absolute Gasteiger partial charge is 0.504 e. The number of ketones is 1. The Morgan fingerprint density at radius 2 is 1.33 bits per heavy atom. The first kappa shape index (κ1) is 17.7. The topological polar surface area (TPSA) is 76.0 Å². The van der Waals surface area contributed by atoms with Crippen LogP contribution in [0, 0.1) is 5.92 Å². The molecule has 0 atom stereocenters. The number of carbonyl (C=O) groups excluding carboxylic acids is 1. The lowest BCUT2D eigenvalue weighted by molar-refractivity contribution is -0.120. The summed E-state index contributed by atoms with van der Waals surface area (Å²) < 4.78 is 10.2. The van der Waals surface area contributed by atoms with Crippen molar-refractivity contribution in [1.82, 2.24) is 0 Å². The predicted molar refractivity (Wildman–Crippen MR) is 90.9 cm³/mol. The van der Waals surface area contributed by atoms with E-state index in [0.29, 0.717) is 24.3 Å². The number of aromatic hydroxyl groups is 2. The van der Waals surface area contributed by atoms with Crippen LogP contribution in [-0.2, 0) is 17.6 Å². The summed E-state index contributed by atoms with van der Waals surface area (Å²) in [6.07, 6.45) is 1.07.